The third kappa shape index (κ3) is 3.00. The van der Waals surface area contributed by atoms with Crippen LogP contribution < -0.4 is 4.90 Å². The van der Waals surface area contributed by atoms with Gasteiger partial charge in [0.1, 0.15) is 11.4 Å². The van der Waals surface area contributed by atoms with Crippen molar-refractivity contribution >= 4 is 29.1 Å². The number of para-hydroxylation sites is 1. The van der Waals surface area contributed by atoms with E-state index in [1.807, 2.05) is 6.92 Å². The van der Waals surface area contributed by atoms with Crippen molar-refractivity contribution < 1.29 is 14.7 Å². The van der Waals surface area contributed by atoms with E-state index in [9.17, 15) is 9.59 Å². The van der Waals surface area contributed by atoms with Crippen molar-refractivity contribution in [3.63, 3.8) is 0 Å². The van der Waals surface area contributed by atoms with Crippen molar-refractivity contribution in [3.05, 3.63) is 40.9 Å². The number of aliphatic carboxylic acids is 1. The highest BCUT2D eigenvalue weighted by Crippen LogP contribution is 2.20. The number of carbonyl (C=O) groups is 2. The molecule has 20 heavy (non-hydrogen) atoms. The van der Waals surface area contributed by atoms with E-state index < -0.39 is 12.5 Å². The number of nitrogens with zero attached hydrogens (tertiary/aromatic N) is 3. The van der Waals surface area contributed by atoms with Crippen LogP contribution in [0.25, 0.3) is 0 Å². The first-order valence-corrected chi connectivity index (χ1v) is 6.80. The quantitative estimate of drug-likeness (QED) is 0.908. The summed E-state index contributed by atoms with van der Waals surface area (Å²) in [5.74, 6) is -1.46. The van der Waals surface area contributed by atoms with Gasteiger partial charge in [-0.25, -0.2) is 0 Å². The number of aryl methyl sites for hydroxylation is 1. The van der Waals surface area contributed by atoms with Crippen LogP contribution in [-0.2, 0) is 11.2 Å². The Kier molecular flexibility index (Phi) is 4.41. The molecule has 1 aromatic carbocycles. The number of rotatable bonds is 5. The Balaban J connectivity index is 2.37. The minimum absolute atomic E-state index is 0.384. The Morgan fingerprint density at radius 1 is 1.30 bits per heavy atom. The lowest BCUT2D eigenvalue weighted by atomic mass is 10.2. The van der Waals surface area contributed by atoms with E-state index in [0.29, 0.717) is 22.7 Å². The fraction of sp³-hybridized carbons (Fsp3) is 0.231. The van der Waals surface area contributed by atoms with Crippen LogP contribution in [0.1, 0.15) is 22.3 Å². The largest absolute Gasteiger partial charge is 0.480 e. The van der Waals surface area contributed by atoms with Crippen LogP contribution in [0.4, 0.5) is 5.69 Å². The standard InChI is InChI=1S/C13H13N3O3S/c1-2-10-12(20-15-14-10)13(19)16(8-11(17)18)9-6-4-3-5-7-9/h3-7H,2,8H2,1H3,(H,17,18). The van der Waals surface area contributed by atoms with Gasteiger partial charge in [-0.1, -0.05) is 29.6 Å². The third-order valence-corrected chi connectivity index (χ3v) is 3.45. The molecule has 0 saturated heterocycles. The van der Waals surface area contributed by atoms with Crippen LogP contribution >= 0.6 is 11.5 Å². The van der Waals surface area contributed by atoms with Crippen LogP contribution in [0.3, 0.4) is 0 Å². The average molecular weight is 291 g/mol. The van der Waals surface area contributed by atoms with Gasteiger partial charge in [0, 0.05) is 5.69 Å². The number of anilines is 1. The molecule has 0 saturated carbocycles. The van der Waals surface area contributed by atoms with E-state index in [1.54, 1.807) is 30.3 Å². The molecule has 0 aliphatic rings. The minimum Gasteiger partial charge on any atom is -0.480 e. The molecular weight excluding hydrogens is 278 g/mol. The highest BCUT2D eigenvalue weighted by molar-refractivity contribution is 7.08. The van der Waals surface area contributed by atoms with Gasteiger partial charge in [0.15, 0.2) is 0 Å². The molecule has 0 aliphatic heterocycles. The summed E-state index contributed by atoms with van der Waals surface area (Å²) < 4.78 is 3.77. The predicted octanol–water partition coefficient (Wildman–Crippen LogP) is 1.83. The van der Waals surface area contributed by atoms with Crippen LogP contribution in [0.2, 0.25) is 0 Å². The number of hydrogen-bond donors (Lipinski definition) is 1. The molecule has 0 aliphatic carbocycles. The Hall–Kier alpha value is -2.28. The highest BCUT2D eigenvalue weighted by atomic mass is 32.1. The molecule has 0 spiro atoms. The van der Waals surface area contributed by atoms with Gasteiger partial charge >= 0.3 is 5.97 Å². The second-order valence-corrected chi connectivity index (χ2v) is 4.78. The van der Waals surface area contributed by atoms with E-state index in [0.717, 1.165) is 11.5 Å². The SMILES string of the molecule is CCc1nnsc1C(=O)N(CC(=O)O)c1ccccc1. The molecule has 1 heterocycles. The number of hydrogen-bond acceptors (Lipinski definition) is 5. The van der Waals surface area contributed by atoms with Crippen LogP contribution in [0.5, 0.6) is 0 Å². The summed E-state index contributed by atoms with van der Waals surface area (Å²) in [5, 5.41) is 12.9. The molecule has 0 unspecified atom stereocenters. The second-order valence-electron chi connectivity index (χ2n) is 4.02. The summed E-state index contributed by atoms with van der Waals surface area (Å²) in [6, 6.07) is 8.70. The van der Waals surface area contributed by atoms with Crippen molar-refractivity contribution in [2.45, 2.75) is 13.3 Å². The molecule has 1 aromatic heterocycles. The fourth-order valence-electron chi connectivity index (χ4n) is 1.75. The molecule has 7 heteroatoms. The zero-order valence-electron chi connectivity index (χ0n) is 10.8. The zero-order valence-corrected chi connectivity index (χ0v) is 11.6. The number of benzene rings is 1. The van der Waals surface area contributed by atoms with Crippen molar-refractivity contribution in [3.8, 4) is 0 Å². The molecule has 2 rings (SSSR count). The van der Waals surface area contributed by atoms with Gasteiger partial charge in [-0.15, -0.1) is 5.10 Å². The van der Waals surface area contributed by atoms with Gasteiger partial charge in [-0.2, -0.15) is 0 Å². The second kappa shape index (κ2) is 6.25. The Morgan fingerprint density at radius 3 is 2.60 bits per heavy atom. The molecule has 104 valence electrons. The van der Waals surface area contributed by atoms with Gasteiger partial charge in [0.2, 0.25) is 0 Å². The fourth-order valence-corrected chi connectivity index (χ4v) is 2.45. The topological polar surface area (TPSA) is 83.4 Å². The lowest BCUT2D eigenvalue weighted by Gasteiger charge is -2.20. The first-order chi connectivity index (χ1) is 9.63. The molecule has 1 N–H and O–H groups in total. The average Bonchev–Trinajstić information content (AvgIpc) is 2.93. The maximum Gasteiger partial charge on any atom is 0.323 e. The Labute approximate surface area is 119 Å². The van der Waals surface area contributed by atoms with Gasteiger partial charge in [0.05, 0.1) is 5.69 Å². The number of carbonyl (C=O) groups excluding carboxylic acids is 1. The Morgan fingerprint density at radius 2 is 2.00 bits per heavy atom. The van der Waals surface area contributed by atoms with Crippen molar-refractivity contribution in [2.24, 2.45) is 0 Å². The lowest BCUT2D eigenvalue weighted by Crippen LogP contribution is -2.35. The van der Waals surface area contributed by atoms with Crippen LogP contribution in [0.15, 0.2) is 30.3 Å². The number of aromatic nitrogens is 2. The first-order valence-electron chi connectivity index (χ1n) is 6.03. The van der Waals surface area contributed by atoms with E-state index in [1.165, 1.54) is 4.90 Å². The van der Waals surface area contributed by atoms with Gasteiger partial charge in [0.25, 0.3) is 5.91 Å². The minimum atomic E-state index is -1.07. The zero-order chi connectivity index (χ0) is 14.5. The van der Waals surface area contributed by atoms with Gasteiger partial charge in [-0.3, -0.25) is 14.5 Å². The Bertz CT molecular complexity index is 612. The summed E-state index contributed by atoms with van der Waals surface area (Å²) >= 11 is 0.987. The van der Waals surface area contributed by atoms with E-state index in [-0.39, 0.29) is 5.91 Å². The molecular formula is C13H13N3O3S. The van der Waals surface area contributed by atoms with E-state index >= 15 is 0 Å². The predicted molar refractivity (Wildman–Crippen MR) is 75.0 cm³/mol. The molecule has 0 atom stereocenters. The maximum atomic E-state index is 12.5. The van der Waals surface area contributed by atoms with Crippen molar-refractivity contribution in [1.29, 1.82) is 0 Å². The molecule has 1 amide bonds. The number of amides is 1. The van der Waals surface area contributed by atoms with E-state index in [2.05, 4.69) is 9.59 Å². The summed E-state index contributed by atoms with van der Waals surface area (Å²) in [6.45, 7) is 1.47. The summed E-state index contributed by atoms with van der Waals surface area (Å²) in [7, 11) is 0. The smallest absolute Gasteiger partial charge is 0.323 e. The van der Waals surface area contributed by atoms with E-state index in [4.69, 9.17) is 5.11 Å². The number of carboxylic acids is 1. The highest BCUT2D eigenvalue weighted by Gasteiger charge is 2.24. The third-order valence-electron chi connectivity index (χ3n) is 2.69. The molecule has 0 bridgehead atoms. The monoisotopic (exact) mass is 291 g/mol. The summed E-state index contributed by atoms with van der Waals surface area (Å²) in [6.07, 6.45) is 0.577. The first kappa shape index (κ1) is 14.1. The molecule has 0 fully saturated rings. The molecule has 2 aromatic rings. The molecule has 6 nitrogen and oxygen atoms in total. The summed E-state index contributed by atoms with van der Waals surface area (Å²) in [4.78, 5) is 25.1. The number of carboxylic acid groups (broad SMARTS) is 1. The molecule has 0 radical (unpaired) electrons. The van der Waals surface area contributed by atoms with Gasteiger partial charge < -0.3 is 5.11 Å². The van der Waals surface area contributed by atoms with Crippen LogP contribution in [-0.4, -0.2) is 33.1 Å². The van der Waals surface area contributed by atoms with Crippen LogP contribution in [0, 0.1) is 0 Å². The van der Waals surface area contributed by atoms with Crippen molar-refractivity contribution in [2.75, 3.05) is 11.4 Å². The van der Waals surface area contributed by atoms with Crippen molar-refractivity contribution in [1.82, 2.24) is 9.59 Å². The lowest BCUT2D eigenvalue weighted by molar-refractivity contribution is -0.135. The maximum absolute atomic E-state index is 12.5. The van der Waals surface area contributed by atoms with Gasteiger partial charge in [-0.05, 0) is 30.1 Å². The normalized spacial score (nSPS) is 10.2. The summed E-state index contributed by atoms with van der Waals surface area (Å²) in [5.41, 5.74) is 1.13.